The lowest BCUT2D eigenvalue weighted by Gasteiger charge is -2.36. The molecule has 28 heavy (non-hydrogen) atoms. The second kappa shape index (κ2) is 9.62. The van der Waals surface area contributed by atoms with Crippen molar-refractivity contribution in [1.29, 1.82) is 0 Å². The van der Waals surface area contributed by atoms with Crippen LogP contribution in [0.1, 0.15) is 5.56 Å². The number of halogens is 2. The average molecular weight is 419 g/mol. The van der Waals surface area contributed by atoms with Gasteiger partial charge in [-0.25, -0.2) is 4.79 Å². The van der Waals surface area contributed by atoms with Crippen molar-refractivity contribution < 1.29 is 14.3 Å². The smallest absolute Gasteiger partial charge is 0.331 e. The highest BCUT2D eigenvalue weighted by Crippen LogP contribution is 2.23. The van der Waals surface area contributed by atoms with Crippen LogP contribution < -0.4 is 4.90 Å². The van der Waals surface area contributed by atoms with Crippen molar-refractivity contribution in [3.63, 3.8) is 0 Å². The molecule has 0 aromatic heterocycles. The molecule has 0 atom stereocenters. The van der Waals surface area contributed by atoms with Gasteiger partial charge in [0.25, 0.3) is 5.91 Å². The van der Waals surface area contributed by atoms with Crippen LogP contribution in [0.5, 0.6) is 0 Å². The minimum Gasteiger partial charge on any atom is -0.452 e. The van der Waals surface area contributed by atoms with Crippen molar-refractivity contribution in [3.05, 3.63) is 70.2 Å². The molecule has 2 aromatic rings. The van der Waals surface area contributed by atoms with E-state index in [1.54, 1.807) is 29.2 Å². The monoisotopic (exact) mass is 418 g/mol. The molecule has 146 valence electrons. The molecule has 1 amide bonds. The minimum atomic E-state index is -0.581. The standard InChI is InChI=1S/C21H20Cl2N2O3/c22-18-8-6-16(14-19(18)23)7-9-21(27)28-15-20(26)25-12-10-24(11-13-25)17-4-2-1-3-5-17/h1-9,14H,10-13,15H2/b9-7+. The fourth-order valence-electron chi connectivity index (χ4n) is 2.91. The van der Waals surface area contributed by atoms with Crippen LogP contribution in [0, 0.1) is 0 Å². The van der Waals surface area contributed by atoms with Gasteiger partial charge in [-0.2, -0.15) is 0 Å². The number of carbonyl (C=O) groups is 2. The molecular weight excluding hydrogens is 399 g/mol. The SMILES string of the molecule is O=C(/C=C/c1ccc(Cl)c(Cl)c1)OCC(=O)N1CCN(c2ccccc2)CC1. The van der Waals surface area contributed by atoms with E-state index in [0.717, 1.165) is 24.3 Å². The normalized spacial score (nSPS) is 14.4. The Morgan fingerprint density at radius 3 is 2.36 bits per heavy atom. The van der Waals surface area contributed by atoms with Crippen molar-refractivity contribution in [2.75, 3.05) is 37.7 Å². The molecule has 1 saturated heterocycles. The average Bonchev–Trinajstić information content (AvgIpc) is 2.73. The number of esters is 1. The number of anilines is 1. The molecule has 0 radical (unpaired) electrons. The van der Waals surface area contributed by atoms with Crippen molar-refractivity contribution >= 4 is 46.8 Å². The van der Waals surface area contributed by atoms with E-state index in [0.29, 0.717) is 23.1 Å². The van der Waals surface area contributed by atoms with Crippen LogP contribution in [0.15, 0.2) is 54.6 Å². The van der Waals surface area contributed by atoms with E-state index in [-0.39, 0.29) is 12.5 Å². The first-order chi connectivity index (χ1) is 13.5. The first kappa shape index (κ1) is 20.2. The summed E-state index contributed by atoms with van der Waals surface area (Å²) in [5, 5.41) is 0.848. The fourth-order valence-corrected chi connectivity index (χ4v) is 3.21. The number of benzene rings is 2. The van der Waals surface area contributed by atoms with Gasteiger partial charge in [-0.05, 0) is 35.9 Å². The van der Waals surface area contributed by atoms with E-state index >= 15 is 0 Å². The Labute approximate surface area is 174 Å². The van der Waals surface area contributed by atoms with Gasteiger partial charge in [0, 0.05) is 37.9 Å². The molecule has 7 heteroatoms. The lowest BCUT2D eigenvalue weighted by atomic mass is 10.2. The molecule has 0 N–H and O–H groups in total. The quantitative estimate of drug-likeness (QED) is 0.545. The zero-order chi connectivity index (χ0) is 19.9. The van der Waals surface area contributed by atoms with Crippen LogP contribution in [0.3, 0.4) is 0 Å². The molecule has 1 aliphatic rings. The molecule has 0 spiro atoms. The zero-order valence-corrected chi connectivity index (χ0v) is 16.7. The van der Waals surface area contributed by atoms with Gasteiger partial charge in [0.2, 0.25) is 0 Å². The van der Waals surface area contributed by atoms with E-state index in [2.05, 4.69) is 17.0 Å². The number of nitrogens with zero attached hydrogens (tertiary/aromatic N) is 2. The van der Waals surface area contributed by atoms with Crippen molar-refractivity contribution in [2.45, 2.75) is 0 Å². The summed E-state index contributed by atoms with van der Waals surface area (Å²) >= 11 is 11.8. The summed E-state index contributed by atoms with van der Waals surface area (Å²) in [7, 11) is 0. The van der Waals surface area contributed by atoms with E-state index in [4.69, 9.17) is 27.9 Å². The number of hydrogen-bond donors (Lipinski definition) is 0. The third kappa shape index (κ3) is 5.50. The number of rotatable bonds is 5. The van der Waals surface area contributed by atoms with Gasteiger partial charge in [0.05, 0.1) is 10.0 Å². The molecular formula is C21H20Cl2N2O3. The van der Waals surface area contributed by atoms with Gasteiger partial charge in [-0.3, -0.25) is 4.79 Å². The van der Waals surface area contributed by atoms with Gasteiger partial charge in [0.1, 0.15) is 0 Å². The van der Waals surface area contributed by atoms with Crippen molar-refractivity contribution in [1.82, 2.24) is 4.90 Å². The van der Waals surface area contributed by atoms with Gasteiger partial charge < -0.3 is 14.5 Å². The van der Waals surface area contributed by atoms with Crippen LogP contribution in [0.4, 0.5) is 5.69 Å². The number of piperazine rings is 1. The van der Waals surface area contributed by atoms with E-state index in [1.165, 1.54) is 6.08 Å². The summed E-state index contributed by atoms with van der Waals surface area (Å²) in [5.41, 5.74) is 1.86. The zero-order valence-electron chi connectivity index (χ0n) is 15.2. The number of ether oxygens (including phenoxy) is 1. The molecule has 0 saturated carbocycles. The van der Waals surface area contributed by atoms with Crippen LogP contribution in [-0.2, 0) is 14.3 Å². The third-order valence-electron chi connectivity index (χ3n) is 4.45. The molecule has 1 fully saturated rings. The van der Waals surface area contributed by atoms with Gasteiger partial charge in [-0.1, -0.05) is 47.5 Å². The van der Waals surface area contributed by atoms with Crippen LogP contribution in [0.2, 0.25) is 10.0 Å². The first-order valence-corrected chi connectivity index (χ1v) is 9.66. The number of para-hydroxylation sites is 1. The summed E-state index contributed by atoms with van der Waals surface area (Å²) in [4.78, 5) is 28.1. The molecule has 0 unspecified atom stereocenters. The third-order valence-corrected chi connectivity index (χ3v) is 5.19. The Bertz CT molecular complexity index is 863. The van der Waals surface area contributed by atoms with Crippen LogP contribution >= 0.6 is 23.2 Å². The minimum absolute atomic E-state index is 0.191. The summed E-state index contributed by atoms with van der Waals surface area (Å²) in [5.74, 6) is -0.772. The Balaban J connectivity index is 1.43. The van der Waals surface area contributed by atoms with Crippen LogP contribution in [-0.4, -0.2) is 49.6 Å². The summed E-state index contributed by atoms with van der Waals surface area (Å²) in [6, 6.07) is 15.1. The van der Waals surface area contributed by atoms with E-state index < -0.39 is 5.97 Å². The highest BCUT2D eigenvalue weighted by molar-refractivity contribution is 6.42. The second-order valence-electron chi connectivity index (χ2n) is 6.32. The molecule has 0 aliphatic carbocycles. The molecule has 1 heterocycles. The summed E-state index contributed by atoms with van der Waals surface area (Å²) < 4.78 is 5.05. The van der Waals surface area contributed by atoms with E-state index in [1.807, 2.05) is 18.2 Å². The van der Waals surface area contributed by atoms with Crippen molar-refractivity contribution in [2.24, 2.45) is 0 Å². The number of amides is 1. The fraction of sp³-hybridized carbons (Fsp3) is 0.238. The van der Waals surface area contributed by atoms with E-state index in [9.17, 15) is 9.59 Å². The molecule has 3 rings (SSSR count). The van der Waals surface area contributed by atoms with Gasteiger partial charge >= 0.3 is 5.97 Å². The topological polar surface area (TPSA) is 49.9 Å². The molecule has 5 nitrogen and oxygen atoms in total. The summed E-state index contributed by atoms with van der Waals surface area (Å²) in [6.07, 6.45) is 2.83. The maximum atomic E-state index is 12.3. The van der Waals surface area contributed by atoms with Gasteiger partial charge in [-0.15, -0.1) is 0 Å². The Hall–Kier alpha value is -2.50. The maximum Gasteiger partial charge on any atom is 0.331 e. The predicted octanol–water partition coefficient (Wildman–Crippen LogP) is 3.90. The van der Waals surface area contributed by atoms with Crippen molar-refractivity contribution in [3.8, 4) is 0 Å². The lowest BCUT2D eigenvalue weighted by Crippen LogP contribution is -2.49. The highest BCUT2D eigenvalue weighted by atomic mass is 35.5. The number of hydrogen-bond acceptors (Lipinski definition) is 4. The molecule has 0 bridgehead atoms. The predicted molar refractivity (Wildman–Crippen MR) is 112 cm³/mol. The Kier molecular flexibility index (Phi) is 6.95. The Morgan fingerprint density at radius 2 is 1.68 bits per heavy atom. The van der Waals surface area contributed by atoms with Crippen LogP contribution in [0.25, 0.3) is 6.08 Å². The number of carbonyl (C=O) groups excluding carboxylic acids is 2. The molecule has 1 aliphatic heterocycles. The highest BCUT2D eigenvalue weighted by Gasteiger charge is 2.21. The Morgan fingerprint density at radius 1 is 0.964 bits per heavy atom. The summed E-state index contributed by atoms with van der Waals surface area (Å²) in [6.45, 7) is 2.44. The molecule has 2 aromatic carbocycles. The first-order valence-electron chi connectivity index (χ1n) is 8.90. The van der Waals surface area contributed by atoms with Gasteiger partial charge in [0.15, 0.2) is 6.61 Å². The second-order valence-corrected chi connectivity index (χ2v) is 7.13. The lowest BCUT2D eigenvalue weighted by molar-refractivity contribution is -0.148. The largest absolute Gasteiger partial charge is 0.452 e. The maximum absolute atomic E-state index is 12.3.